The summed E-state index contributed by atoms with van der Waals surface area (Å²) >= 11 is 9.48. The summed E-state index contributed by atoms with van der Waals surface area (Å²) in [6.45, 7) is 6.34. The van der Waals surface area contributed by atoms with Crippen LogP contribution in [0.3, 0.4) is 0 Å². The fraction of sp³-hybridized carbons (Fsp3) is 0.462. The van der Waals surface area contributed by atoms with E-state index in [2.05, 4.69) is 15.9 Å². The van der Waals surface area contributed by atoms with Crippen LogP contribution in [0.1, 0.15) is 20.8 Å². The molecule has 0 radical (unpaired) electrons. The molecule has 4 nitrogen and oxygen atoms in total. The smallest absolute Gasteiger partial charge is 0.415 e. The highest BCUT2D eigenvalue weighted by Crippen LogP contribution is 2.41. The fourth-order valence-corrected chi connectivity index (χ4v) is 2.60. The third-order valence-corrected chi connectivity index (χ3v) is 3.19. The average Bonchev–Trinajstić information content (AvgIpc) is 2.25. The van der Waals surface area contributed by atoms with Gasteiger partial charge in [0.1, 0.15) is 12.2 Å². The van der Waals surface area contributed by atoms with Gasteiger partial charge in [0, 0.05) is 4.47 Å². The molecule has 1 aromatic rings. The van der Waals surface area contributed by atoms with Gasteiger partial charge in [0.15, 0.2) is 5.75 Å². The first kappa shape index (κ1) is 14.5. The topological polar surface area (TPSA) is 38.8 Å². The second-order valence-corrected chi connectivity index (χ2v) is 6.54. The maximum Gasteiger partial charge on any atom is 0.415 e. The Morgan fingerprint density at radius 2 is 2.16 bits per heavy atom. The molecule has 1 amide bonds. The number of benzene rings is 1. The van der Waals surface area contributed by atoms with Gasteiger partial charge in [-0.2, -0.15) is 0 Å². The molecule has 2 rings (SSSR count). The minimum atomic E-state index is -0.536. The van der Waals surface area contributed by atoms with Crippen LogP contribution in [0.4, 0.5) is 10.5 Å². The number of carbonyl (C=O) groups excluding carboxylic acids is 1. The highest BCUT2D eigenvalue weighted by molar-refractivity contribution is 9.10. The Hall–Kier alpha value is -0.940. The Bertz CT molecular complexity index is 513. The molecule has 0 fully saturated rings. The maximum absolute atomic E-state index is 12.2. The van der Waals surface area contributed by atoms with E-state index < -0.39 is 11.7 Å². The molecule has 19 heavy (non-hydrogen) atoms. The van der Waals surface area contributed by atoms with E-state index in [-0.39, 0.29) is 0 Å². The second kappa shape index (κ2) is 5.21. The third-order valence-electron chi connectivity index (χ3n) is 2.45. The number of halogens is 2. The molecule has 1 aliphatic heterocycles. The molecule has 0 spiro atoms. The molecule has 0 unspecified atom stereocenters. The van der Waals surface area contributed by atoms with Crippen molar-refractivity contribution in [1.82, 2.24) is 0 Å². The van der Waals surface area contributed by atoms with Crippen LogP contribution in [0.15, 0.2) is 16.6 Å². The summed E-state index contributed by atoms with van der Waals surface area (Å²) in [6.07, 6.45) is -0.397. The van der Waals surface area contributed by atoms with Crippen molar-refractivity contribution in [2.24, 2.45) is 0 Å². The summed E-state index contributed by atoms with van der Waals surface area (Å²) < 4.78 is 11.7. The van der Waals surface area contributed by atoms with Gasteiger partial charge < -0.3 is 9.47 Å². The predicted molar refractivity (Wildman–Crippen MR) is 78.2 cm³/mol. The van der Waals surface area contributed by atoms with Crippen LogP contribution in [0.25, 0.3) is 0 Å². The lowest BCUT2D eigenvalue weighted by Gasteiger charge is -2.32. The standard InChI is InChI=1S/C13H15BrClNO3/c1-13(2,3)19-12(17)16-4-5-18-11-9(15)6-8(14)7-10(11)16/h6-7H,4-5H2,1-3H3. The van der Waals surface area contributed by atoms with Crippen molar-refractivity contribution in [2.45, 2.75) is 26.4 Å². The summed E-state index contributed by atoms with van der Waals surface area (Å²) in [6, 6.07) is 3.53. The van der Waals surface area contributed by atoms with Gasteiger partial charge in [0.2, 0.25) is 0 Å². The van der Waals surface area contributed by atoms with Crippen molar-refractivity contribution in [1.29, 1.82) is 0 Å². The summed E-state index contributed by atoms with van der Waals surface area (Å²) in [5.41, 5.74) is 0.0885. The number of amides is 1. The van der Waals surface area contributed by atoms with Crippen molar-refractivity contribution in [3.8, 4) is 5.75 Å². The third kappa shape index (κ3) is 3.34. The summed E-state index contributed by atoms with van der Waals surface area (Å²) in [7, 11) is 0. The minimum Gasteiger partial charge on any atom is -0.488 e. The van der Waals surface area contributed by atoms with Crippen molar-refractivity contribution >= 4 is 39.3 Å². The number of anilines is 1. The lowest BCUT2D eigenvalue weighted by molar-refractivity contribution is 0.0568. The summed E-state index contributed by atoms with van der Waals surface area (Å²) in [5, 5.41) is 0.470. The average molecular weight is 349 g/mol. The molecule has 1 aliphatic rings. The van der Waals surface area contributed by atoms with E-state index in [1.165, 1.54) is 0 Å². The highest BCUT2D eigenvalue weighted by atomic mass is 79.9. The van der Waals surface area contributed by atoms with E-state index in [1.807, 2.05) is 20.8 Å². The molecule has 0 bridgehead atoms. The van der Waals surface area contributed by atoms with Crippen molar-refractivity contribution < 1.29 is 14.3 Å². The van der Waals surface area contributed by atoms with Crippen LogP contribution < -0.4 is 9.64 Å². The minimum absolute atomic E-state index is 0.396. The number of hydrogen-bond acceptors (Lipinski definition) is 3. The molecule has 0 saturated heterocycles. The zero-order chi connectivity index (χ0) is 14.2. The quantitative estimate of drug-likeness (QED) is 0.704. The SMILES string of the molecule is CC(C)(C)OC(=O)N1CCOc2c(Cl)cc(Br)cc21. The molecule has 104 valence electrons. The highest BCUT2D eigenvalue weighted by Gasteiger charge is 2.29. The largest absolute Gasteiger partial charge is 0.488 e. The molecule has 1 heterocycles. The number of hydrogen-bond donors (Lipinski definition) is 0. The maximum atomic E-state index is 12.2. The van der Waals surface area contributed by atoms with Crippen molar-refractivity contribution in [2.75, 3.05) is 18.1 Å². The Morgan fingerprint density at radius 1 is 1.47 bits per heavy atom. The van der Waals surface area contributed by atoms with Gasteiger partial charge in [0.25, 0.3) is 0 Å². The Balaban J connectivity index is 2.34. The monoisotopic (exact) mass is 347 g/mol. The normalized spacial score (nSPS) is 14.7. The molecule has 0 saturated carbocycles. The number of carbonyl (C=O) groups is 1. The number of rotatable bonds is 0. The van der Waals surface area contributed by atoms with Crippen molar-refractivity contribution in [3.63, 3.8) is 0 Å². The molecule has 0 aliphatic carbocycles. The van der Waals surface area contributed by atoms with Crippen LogP contribution in [0.5, 0.6) is 5.75 Å². The van der Waals surface area contributed by atoms with Crippen LogP contribution >= 0.6 is 27.5 Å². The number of ether oxygens (including phenoxy) is 2. The van der Waals surface area contributed by atoms with E-state index in [0.717, 1.165) is 4.47 Å². The van der Waals surface area contributed by atoms with E-state index in [4.69, 9.17) is 21.1 Å². The lowest BCUT2D eigenvalue weighted by atomic mass is 10.2. The first-order valence-corrected chi connectivity index (χ1v) is 7.07. The van der Waals surface area contributed by atoms with E-state index in [1.54, 1.807) is 17.0 Å². The van der Waals surface area contributed by atoms with Gasteiger partial charge in [-0.05, 0) is 32.9 Å². The lowest BCUT2D eigenvalue weighted by Crippen LogP contribution is -2.41. The number of nitrogens with zero attached hydrogens (tertiary/aromatic N) is 1. The van der Waals surface area contributed by atoms with Gasteiger partial charge in [-0.3, -0.25) is 4.90 Å². The molecule has 0 atom stereocenters. The van der Waals surface area contributed by atoms with Gasteiger partial charge in [-0.15, -0.1) is 0 Å². The molecule has 6 heteroatoms. The van der Waals surface area contributed by atoms with Gasteiger partial charge >= 0.3 is 6.09 Å². The van der Waals surface area contributed by atoms with E-state index in [0.29, 0.717) is 29.6 Å². The molecule has 0 aromatic heterocycles. The predicted octanol–water partition coefficient (Wildman–Crippen LogP) is 4.24. The summed E-state index contributed by atoms with van der Waals surface area (Å²) in [5.74, 6) is 0.516. The zero-order valence-electron chi connectivity index (χ0n) is 11.0. The first-order chi connectivity index (χ1) is 8.78. The van der Waals surface area contributed by atoms with Crippen LogP contribution in [0.2, 0.25) is 5.02 Å². The fourth-order valence-electron chi connectivity index (χ4n) is 1.76. The van der Waals surface area contributed by atoms with Crippen LogP contribution in [-0.4, -0.2) is 24.8 Å². The molecular weight excluding hydrogens is 334 g/mol. The first-order valence-electron chi connectivity index (χ1n) is 5.90. The Kier molecular flexibility index (Phi) is 3.97. The molecular formula is C13H15BrClNO3. The molecule has 0 N–H and O–H groups in total. The molecule has 1 aromatic carbocycles. The van der Waals surface area contributed by atoms with Gasteiger partial charge in [0.05, 0.1) is 17.3 Å². The Morgan fingerprint density at radius 3 is 2.79 bits per heavy atom. The van der Waals surface area contributed by atoms with Crippen LogP contribution in [0, 0.1) is 0 Å². The van der Waals surface area contributed by atoms with Crippen LogP contribution in [-0.2, 0) is 4.74 Å². The van der Waals surface area contributed by atoms with E-state index >= 15 is 0 Å². The van der Waals surface area contributed by atoms with Gasteiger partial charge in [-0.25, -0.2) is 4.79 Å². The Labute approximate surface area is 125 Å². The van der Waals surface area contributed by atoms with Crippen molar-refractivity contribution in [3.05, 3.63) is 21.6 Å². The summed E-state index contributed by atoms with van der Waals surface area (Å²) in [4.78, 5) is 13.7. The second-order valence-electron chi connectivity index (χ2n) is 5.22. The number of fused-ring (bicyclic) bond motifs is 1. The van der Waals surface area contributed by atoms with Gasteiger partial charge in [-0.1, -0.05) is 27.5 Å². The van der Waals surface area contributed by atoms with E-state index in [9.17, 15) is 4.79 Å². The zero-order valence-corrected chi connectivity index (χ0v) is 13.3.